The Kier molecular flexibility index (Phi) is 5.63. The highest BCUT2D eigenvalue weighted by Gasteiger charge is 2.41. The Balaban J connectivity index is 0.00000162. The maximum Gasteiger partial charge on any atom is 0.148 e. The molecule has 0 saturated heterocycles. The van der Waals surface area contributed by atoms with E-state index in [0.717, 1.165) is 6.42 Å². The fourth-order valence-electron chi connectivity index (χ4n) is 2.03. The molecule has 0 bridgehead atoms. The van der Waals surface area contributed by atoms with E-state index in [1.165, 1.54) is 6.07 Å². The van der Waals surface area contributed by atoms with E-state index in [4.69, 9.17) is 22.1 Å². The second-order valence-electron chi connectivity index (χ2n) is 4.15. The molecule has 0 spiro atoms. The summed E-state index contributed by atoms with van der Waals surface area (Å²) in [6.45, 7) is -0.165. The molecule has 2 unspecified atom stereocenters. The van der Waals surface area contributed by atoms with E-state index in [9.17, 15) is 8.78 Å². The molecule has 2 N–H and O–H groups in total. The summed E-state index contributed by atoms with van der Waals surface area (Å²) in [6.07, 6.45) is 0.833. The zero-order valence-corrected chi connectivity index (χ0v) is 11.2. The van der Waals surface area contributed by atoms with E-state index in [2.05, 4.69) is 0 Å². The first-order chi connectivity index (χ1) is 8.19. The Bertz CT molecular complexity index is 417. The van der Waals surface area contributed by atoms with Crippen molar-refractivity contribution in [3.63, 3.8) is 0 Å². The molecule has 1 saturated carbocycles. The Morgan fingerprint density at radius 3 is 2.72 bits per heavy atom. The minimum Gasteiger partial charge on any atom is -0.490 e. The number of alkyl halides is 1. The number of rotatable bonds is 5. The molecule has 1 aliphatic carbocycles. The molecule has 0 radical (unpaired) electrons. The molecule has 18 heavy (non-hydrogen) atoms. The molecular weight excluding hydrogens is 283 g/mol. The van der Waals surface area contributed by atoms with Gasteiger partial charge in [-0.1, -0.05) is 11.6 Å². The molecule has 102 valence electrons. The van der Waals surface area contributed by atoms with Crippen LogP contribution in [0.25, 0.3) is 0 Å². The fraction of sp³-hybridized carbons (Fsp3) is 0.500. The number of ether oxygens (including phenoxy) is 1. The Morgan fingerprint density at radius 2 is 2.17 bits per heavy atom. The van der Waals surface area contributed by atoms with Crippen molar-refractivity contribution in [1.82, 2.24) is 0 Å². The minimum atomic E-state index is -0.603. The molecule has 0 heterocycles. The van der Waals surface area contributed by atoms with Crippen molar-refractivity contribution < 1.29 is 13.5 Å². The zero-order chi connectivity index (χ0) is 12.4. The standard InChI is InChI=1S/C12H14ClF2NO.ClH/c13-9-1-2-10(17-4-3-14)11(12(9)15)8-5-7(8)6-16;/h1-2,7-8H,3-6,16H2;1H. The van der Waals surface area contributed by atoms with Gasteiger partial charge in [0.05, 0.1) is 5.02 Å². The number of halogens is 4. The summed E-state index contributed by atoms with van der Waals surface area (Å²) in [4.78, 5) is 0. The lowest BCUT2D eigenvalue weighted by Gasteiger charge is -2.12. The SMILES string of the molecule is Cl.NCC1CC1c1c(OCCF)ccc(Cl)c1F. The Hall–Kier alpha value is -0.580. The van der Waals surface area contributed by atoms with Crippen molar-refractivity contribution in [2.75, 3.05) is 19.8 Å². The van der Waals surface area contributed by atoms with Gasteiger partial charge in [0.2, 0.25) is 0 Å². The normalized spacial score (nSPS) is 21.3. The molecule has 2 rings (SSSR count). The van der Waals surface area contributed by atoms with Crippen molar-refractivity contribution in [3.8, 4) is 5.75 Å². The van der Waals surface area contributed by atoms with Crippen LogP contribution in [0.15, 0.2) is 12.1 Å². The van der Waals surface area contributed by atoms with Crippen LogP contribution < -0.4 is 10.5 Å². The van der Waals surface area contributed by atoms with E-state index < -0.39 is 12.5 Å². The molecule has 2 nitrogen and oxygen atoms in total. The van der Waals surface area contributed by atoms with Crippen LogP contribution in [0.4, 0.5) is 8.78 Å². The van der Waals surface area contributed by atoms with Crippen LogP contribution in [0.3, 0.4) is 0 Å². The van der Waals surface area contributed by atoms with Crippen molar-refractivity contribution in [2.24, 2.45) is 11.7 Å². The van der Waals surface area contributed by atoms with Gasteiger partial charge in [-0.2, -0.15) is 0 Å². The number of nitrogens with two attached hydrogens (primary N) is 1. The molecule has 1 aliphatic rings. The van der Waals surface area contributed by atoms with E-state index in [1.807, 2.05) is 0 Å². The zero-order valence-electron chi connectivity index (χ0n) is 9.67. The lowest BCUT2D eigenvalue weighted by molar-refractivity contribution is 0.269. The van der Waals surface area contributed by atoms with Gasteiger partial charge in [-0.3, -0.25) is 0 Å². The summed E-state index contributed by atoms with van der Waals surface area (Å²) in [6, 6.07) is 3.01. The van der Waals surface area contributed by atoms with Crippen LogP contribution in [0.2, 0.25) is 5.02 Å². The molecule has 1 fully saturated rings. The molecule has 0 aliphatic heterocycles. The quantitative estimate of drug-likeness (QED) is 0.905. The van der Waals surface area contributed by atoms with Crippen molar-refractivity contribution in [2.45, 2.75) is 12.3 Å². The van der Waals surface area contributed by atoms with E-state index >= 15 is 0 Å². The van der Waals surface area contributed by atoms with Gasteiger partial charge in [0, 0.05) is 5.56 Å². The van der Waals surface area contributed by atoms with Gasteiger partial charge in [0.1, 0.15) is 24.8 Å². The predicted molar refractivity (Wildman–Crippen MR) is 70.0 cm³/mol. The van der Waals surface area contributed by atoms with Crippen LogP contribution in [0.1, 0.15) is 17.9 Å². The van der Waals surface area contributed by atoms with Crippen molar-refractivity contribution in [3.05, 3.63) is 28.5 Å². The Morgan fingerprint density at radius 1 is 1.44 bits per heavy atom. The summed E-state index contributed by atoms with van der Waals surface area (Å²) >= 11 is 5.75. The summed E-state index contributed by atoms with van der Waals surface area (Å²) in [5.74, 6) is 0.235. The van der Waals surface area contributed by atoms with Crippen LogP contribution in [0, 0.1) is 11.7 Å². The lowest BCUT2D eigenvalue weighted by Crippen LogP contribution is -2.06. The second kappa shape index (κ2) is 6.55. The van der Waals surface area contributed by atoms with Crippen LogP contribution in [0.5, 0.6) is 5.75 Å². The maximum absolute atomic E-state index is 13.9. The van der Waals surface area contributed by atoms with Gasteiger partial charge >= 0.3 is 0 Å². The summed E-state index contributed by atoms with van der Waals surface area (Å²) in [5, 5.41) is 0.0651. The lowest BCUT2D eigenvalue weighted by atomic mass is 10.1. The molecular formula is C12H15Cl2F2NO. The third-order valence-electron chi connectivity index (χ3n) is 3.02. The second-order valence-corrected chi connectivity index (χ2v) is 4.56. The highest BCUT2D eigenvalue weighted by Crippen LogP contribution is 2.51. The van der Waals surface area contributed by atoms with Gasteiger partial charge in [0.15, 0.2) is 0 Å². The molecule has 2 atom stereocenters. The Labute approximate surface area is 116 Å². The van der Waals surface area contributed by atoms with Gasteiger partial charge in [0.25, 0.3) is 0 Å². The number of hydrogen-bond acceptors (Lipinski definition) is 2. The number of hydrogen-bond donors (Lipinski definition) is 1. The molecule has 0 aromatic heterocycles. The molecule has 1 aromatic rings. The first kappa shape index (κ1) is 15.5. The van der Waals surface area contributed by atoms with Gasteiger partial charge in [-0.25, -0.2) is 8.78 Å². The highest BCUT2D eigenvalue weighted by atomic mass is 35.5. The summed E-state index contributed by atoms with van der Waals surface area (Å²) in [7, 11) is 0. The summed E-state index contributed by atoms with van der Waals surface area (Å²) in [5.41, 5.74) is 5.99. The average Bonchev–Trinajstić information content (AvgIpc) is 3.09. The first-order valence-corrected chi connectivity index (χ1v) is 5.93. The largest absolute Gasteiger partial charge is 0.490 e. The van der Waals surface area contributed by atoms with Gasteiger partial charge in [-0.05, 0) is 36.9 Å². The fourth-order valence-corrected chi connectivity index (χ4v) is 2.19. The monoisotopic (exact) mass is 297 g/mol. The maximum atomic E-state index is 13.9. The van der Waals surface area contributed by atoms with Crippen molar-refractivity contribution in [1.29, 1.82) is 0 Å². The molecule has 6 heteroatoms. The topological polar surface area (TPSA) is 35.2 Å². The molecule has 1 aromatic carbocycles. The van der Waals surface area contributed by atoms with Crippen LogP contribution >= 0.6 is 24.0 Å². The third-order valence-corrected chi connectivity index (χ3v) is 3.32. The van der Waals surface area contributed by atoms with Crippen LogP contribution in [-0.4, -0.2) is 19.8 Å². The summed E-state index contributed by atoms with van der Waals surface area (Å²) < 4.78 is 31.2. The van der Waals surface area contributed by atoms with E-state index in [1.54, 1.807) is 6.07 Å². The van der Waals surface area contributed by atoms with E-state index in [0.29, 0.717) is 17.9 Å². The van der Waals surface area contributed by atoms with Crippen LogP contribution in [-0.2, 0) is 0 Å². The highest BCUT2D eigenvalue weighted by molar-refractivity contribution is 6.30. The third kappa shape index (κ3) is 3.05. The predicted octanol–water partition coefficient (Wildman–Crippen LogP) is 3.31. The van der Waals surface area contributed by atoms with Crippen molar-refractivity contribution >= 4 is 24.0 Å². The van der Waals surface area contributed by atoms with E-state index in [-0.39, 0.29) is 35.9 Å². The minimum absolute atomic E-state index is 0. The smallest absolute Gasteiger partial charge is 0.148 e. The van der Waals surface area contributed by atoms with Gasteiger partial charge in [-0.15, -0.1) is 12.4 Å². The molecule has 0 amide bonds. The number of benzene rings is 1. The first-order valence-electron chi connectivity index (χ1n) is 5.55. The average molecular weight is 298 g/mol. The van der Waals surface area contributed by atoms with Gasteiger partial charge < -0.3 is 10.5 Å².